The van der Waals surface area contributed by atoms with E-state index in [2.05, 4.69) is 30.0 Å². The highest BCUT2D eigenvalue weighted by atomic mass is 15.3. The molecule has 0 aliphatic carbocycles. The van der Waals surface area contributed by atoms with Crippen LogP contribution in [0, 0.1) is 6.92 Å². The van der Waals surface area contributed by atoms with Crippen molar-refractivity contribution in [1.82, 2.24) is 0 Å². The second-order valence-electron chi connectivity index (χ2n) is 4.90. The monoisotopic (exact) mass is 202 g/mol. The van der Waals surface area contributed by atoms with Crippen molar-refractivity contribution in [3.8, 4) is 0 Å². The molecule has 1 saturated heterocycles. The summed E-state index contributed by atoms with van der Waals surface area (Å²) in [4.78, 5) is 2.44. The van der Waals surface area contributed by atoms with Crippen LogP contribution in [0.2, 0.25) is 0 Å². The van der Waals surface area contributed by atoms with E-state index < -0.39 is 0 Å². The van der Waals surface area contributed by atoms with Crippen LogP contribution in [0.1, 0.15) is 30.4 Å². The van der Waals surface area contributed by atoms with Gasteiger partial charge in [-0.15, -0.1) is 0 Å². The van der Waals surface area contributed by atoms with Crippen LogP contribution in [0.4, 0.5) is 5.69 Å². The lowest BCUT2D eigenvalue weighted by atomic mass is 9.99. The van der Waals surface area contributed by atoms with Crippen molar-refractivity contribution >= 4 is 5.69 Å². The maximum atomic E-state index is 6.20. The first-order chi connectivity index (χ1) is 7.25. The Bertz CT molecular complexity index is 386. The maximum absolute atomic E-state index is 6.20. The topological polar surface area (TPSA) is 29.3 Å². The zero-order valence-corrected chi connectivity index (χ0v) is 9.24. The molecule has 3 rings (SSSR count). The van der Waals surface area contributed by atoms with Gasteiger partial charge in [0.25, 0.3) is 0 Å². The van der Waals surface area contributed by atoms with Crippen molar-refractivity contribution in [3.05, 3.63) is 29.3 Å². The number of nitrogens with zero attached hydrogens (tertiary/aromatic N) is 1. The Hall–Kier alpha value is -1.02. The van der Waals surface area contributed by atoms with Gasteiger partial charge in [0.05, 0.1) is 6.17 Å². The predicted molar refractivity (Wildman–Crippen MR) is 63.0 cm³/mol. The summed E-state index contributed by atoms with van der Waals surface area (Å²) in [6.45, 7) is 2.16. The van der Waals surface area contributed by atoms with Crippen molar-refractivity contribution in [1.29, 1.82) is 0 Å². The van der Waals surface area contributed by atoms with E-state index >= 15 is 0 Å². The van der Waals surface area contributed by atoms with Crippen molar-refractivity contribution in [2.24, 2.45) is 5.73 Å². The summed E-state index contributed by atoms with van der Waals surface area (Å²) in [6.07, 6.45) is 5.18. The third-order valence-corrected chi connectivity index (χ3v) is 3.76. The SMILES string of the molecule is Cc1ccc2c(c1)CC1CCCC(N)N21. The van der Waals surface area contributed by atoms with Gasteiger partial charge in [0.1, 0.15) is 0 Å². The first-order valence-corrected chi connectivity index (χ1v) is 5.89. The third kappa shape index (κ3) is 1.36. The van der Waals surface area contributed by atoms with Crippen LogP contribution in [0.5, 0.6) is 0 Å². The highest BCUT2D eigenvalue weighted by Gasteiger charge is 2.35. The fraction of sp³-hybridized carbons (Fsp3) is 0.538. The Morgan fingerprint density at radius 3 is 3.07 bits per heavy atom. The molecule has 1 aromatic rings. The van der Waals surface area contributed by atoms with Gasteiger partial charge in [-0.25, -0.2) is 0 Å². The highest BCUT2D eigenvalue weighted by molar-refractivity contribution is 5.61. The van der Waals surface area contributed by atoms with Crippen LogP contribution in [0.25, 0.3) is 0 Å². The lowest BCUT2D eigenvalue weighted by Gasteiger charge is -2.37. The summed E-state index contributed by atoms with van der Waals surface area (Å²) in [5, 5.41) is 0. The Morgan fingerprint density at radius 1 is 1.33 bits per heavy atom. The second-order valence-corrected chi connectivity index (χ2v) is 4.90. The second kappa shape index (κ2) is 3.24. The van der Waals surface area contributed by atoms with Crippen molar-refractivity contribution in [3.63, 3.8) is 0 Å². The minimum atomic E-state index is 0.243. The molecule has 15 heavy (non-hydrogen) atoms. The summed E-state index contributed by atoms with van der Waals surface area (Å²) in [7, 11) is 0. The van der Waals surface area contributed by atoms with Gasteiger partial charge < -0.3 is 10.6 Å². The molecule has 0 radical (unpaired) electrons. The average molecular weight is 202 g/mol. The fourth-order valence-electron chi connectivity index (χ4n) is 3.07. The number of aryl methyl sites for hydroxylation is 1. The molecule has 2 unspecified atom stereocenters. The summed E-state index contributed by atoms with van der Waals surface area (Å²) in [6, 6.07) is 7.43. The van der Waals surface area contributed by atoms with Gasteiger partial charge in [0.2, 0.25) is 0 Å². The molecule has 2 nitrogen and oxygen atoms in total. The molecular weight excluding hydrogens is 184 g/mol. The summed E-state index contributed by atoms with van der Waals surface area (Å²) >= 11 is 0. The number of benzene rings is 1. The average Bonchev–Trinajstić information content (AvgIpc) is 2.56. The molecule has 2 atom stereocenters. The molecule has 80 valence electrons. The maximum Gasteiger partial charge on any atom is 0.0774 e. The van der Waals surface area contributed by atoms with E-state index in [-0.39, 0.29) is 6.17 Å². The number of rotatable bonds is 0. The Balaban J connectivity index is 2.03. The largest absolute Gasteiger partial charge is 0.353 e. The van der Waals surface area contributed by atoms with Gasteiger partial charge in [0, 0.05) is 11.7 Å². The first-order valence-electron chi connectivity index (χ1n) is 5.89. The molecular formula is C13H18N2. The van der Waals surface area contributed by atoms with E-state index in [0.29, 0.717) is 6.04 Å². The molecule has 2 aliphatic heterocycles. The molecule has 0 amide bonds. The van der Waals surface area contributed by atoms with E-state index in [0.717, 1.165) is 6.42 Å². The fourth-order valence-corrected chi connectivity index (χ4v) is 3.07. The molecule has 0 spiro atoms. The standard InChI is InChI=1S/C13H18N2/c1-9-5-6-12-10(7-9)8-11-3-2-4-13(14)15(11)12/h5-7,11,13H,2-4,8,14H2,1H3. The van der Waals surface area contributed by atoms with Crippen molar-refractivity contribution in [2.45, 2.75) is 44.8 Å². The van der Waals surface area contributed by atoms with Crippen LogP contribution >= 0.6 is 0 Å². The molecule has 0 aromatic heterocycles. The van der Waals surface area contributed by atoms with Crippen molar-refractivity contribution < 1.29 is 0 Å². The first kappa shape index (κ1) is 9.22. The van der Waals surface area contributed by atoms with Gasteiger partial charge in [-0.2, -0.15) is 0 Å². The lowest BCUT2D eigenvalue weighted by molar-refractivity contribution is 0.401. The van der Waals surface area contributed by atoms with Gasteiger partial charge in [-0.1, -0.05) is 17.7 Å². The van der Waals surface area contributed by atoms with E-state index in [1.54, 1.807) is 0 Å². The van der Waals surface area contributed by atoms with E-state index in [4.69, 9.17) is 5.73 Å². The van der Waals surface area contributed by atoms with Crippen LogP contribution in [-0.2, 0) is 6.42 Å². The normalized spacial score (nSPS) is 28.8. The molecule has 2 heteroatoms. The zero-order chi connectivity index (χ0) is 10.4. The smallest absolute Gasteiger partial charge is 0.0774 e. The number of nitrogens with two attached hydrogens (primary N) is 1. The Labute approximate surface area is 91.1 Å². The minimum absolute atomic E-state index is 0.243. The minimum Gasteiger partial charge on any atom is -0.353 e. The van der Waals surface area contributed by atoms with Gasteiger partial charge in [-0.05, 0) is 44.2 Å². The van der Waals surface area contributed by atoms with Gasteiger partial charge >= 0.3 is 0 Å². The molecule has 2 N–H and O–H groups in total. The quantitative estimate of drug-likeness (QED) is 0.698. The van der Waals surface area contributed by atoms with E-state index in [9.17, 15) is 0 Å². The molecule has 1 fully saturated rings. The summed E-state index contributed by atoms with van der Waals surface area (Å²) < 4.78 is 0. The molecule has 2 heterocycles. The predicted octanol–water partition coefficient (Wildman–Crippen LogP) is 2.19. The number of hydrogen-bond acceptors (Lipinski definition) is 2. The number of hydrogen-bond donors (Lipinski definition) is 1. The Morgan fingerprint density at radius 2 is 2.20 bits per heavy atom. The summed E-state index contributed by atoms with van der Waals surface area (Å²) in [5.74, 6) is 0. The van der Waals surface area contributed by atoms with Crippen LogP contribution in [0.3, 0.4) is 0 Å². The van der Waals surface area contributed by atoms with Crippen LogP contribution in [-0.4, -0.2) is 12.2 Å². The summed E-state index contributed by atoms with van der Waals surface area (Å²) in [5.41, 5.74) is 10.4. The molecule has 0 bridgehead atoms. The van der Waals surface area contributed by atoms with E-state index in [1.807, 2.05) is 0 Å². The van der Waals surface area contributed by atoms with E-state index in [1.165, 1.54) is 36.1 Å². The van der Waals surface area contributed by atoms with Crippen molar-refractivity contribution in [2.75, 3.05) is 4.90 Å². The molecule has 0 saturated carbocycles. The van der Waals surface area contributed by atoms with Gasteiger partial charge in [-0.3, -0.25) is 0 Å². The van der Waals surface area contributed by atoms with Crippen LogP contribution in [0.15, 0.2) is 18.2 Å². The number of anilines is 1. The lowest BCUT2D eigenvalue weighted by Crippen LogP contribution is -2.49. The Kier molecular flexibility index (Phi) is 1.99. The third-order valence-electron chi connectivity index (χ3n) is 3.76. The molecule has 1 aromatic carbocycles. The highest BCUT2D eigenvalue weighted by Crippen LogP contribution is 2.38. The number of piperidine rings is 1. The van der Waals surface area contributed by atoms with Crippen LogP contribution < -0.4 is 10.6 Å². The number of fused-ring (bicyclic) bond motifs is 3. The van der Waals surface area contributed by atoms with Gasteiger partial charge in [0.15, 0.2) is 0 Å². The zero-order valence-electron chi connectivity index (χ0n) is 9.24. The molecule has 2 aliphatic rings.